The largest absolute Gasteiger partial charge is 0.289 e. The first kappa shape index (κ1) is 15.5. The fourth-order valence-electron chi connectivity index (χ4n) is 3.28. The maximum Gasteiger partial charge on any atom is 0.195 e. The Morgan fingerprint density at radius 3 is 2.44 bits per heavy atom. The molecule has 2 nitrogen and oxygen atoms in total. The highest BCUT2D eigenvalue weighted by molar-refractivity contribution is 5.93. The van der Waals surface area contributed by atoms with Crippen molar-refractivity contribution in [2.24, 2.45) is 0 Å². The molecule has 0 radical (unpaired) electrons. The summed E-state index contributed by atoms with van der Waals surface area (Å²) in [5.41, 5.74) is 4.03. The summed E-state index contributed by atoms with van der Waals surface area (Å²) in [6, 6.07) is 22.1. The van der Waals surface area contributed by atoms with Crippen LogP contribution in [0.1, 0.15) is 18.9 Å². The molecule has 25 heavy (non-hydrogen) atoms. The third-order valence-electron chi connectivity index (χ3n) is 4.59. The van der Waals surface area contributed by atoms with Crippen molar-refractivity contribution in [3.63, 3.8) is 0 Å². The highest BCUT2D eigenvalue weighted by atomic mass is 16.1. The number of nitrogens with zero attached hydrogens (tertiary/aromatic N) is 1. The average Bonchev–Trinajstić information content (AvgIpc) is 2.80. The molecule has 0 fully saturated rings. The SMILES string of the molecule is CCCc1ccc2ccc3ncc(-c4ccccc4)cc3c(=O)c2c1. The lowest BCUT2D eigenvalue weighted by Crippen LogP contribution is -2.00. The Morgan fingerprint density at radius 2 is 1.64 bits per heavy atom. The van der Waals surface area contributed by atoms with E-state index in [0.29, 0.717) is 5.39 Å². The summed E-state index contributed by atoms with van der Waals surface area (Å²) in [5, 5.41) is 2.40. The van der Waals surface area contributed by atoms with Crippen molar-refractivity contribution < 1.29 is 0 Å². The highest BCUT2D eigenvalue weighted by Crippen LogP contribution is 2.22. The Morgan fingerprint density at radius 1 is 0.840 bits per heavy atom. The van der Waals surface area contributed by atoms with Crippen LogP contribution >= 0.6 is 0 Å². The van der Waals surface area contributed by atoms with Crippen molar-refractivity contribution in [1.29, 1.82) is 0 Å². The van der Waals surface area contributed by atoms with Gasteiger partial charge in [0.25, 0.3) is 0 Å². The van der Waals surface area contributed by atoms with Gasteiger partial charge < -0.3 is 0 Å². The molecule has 0 N–H and O–H groups in total. The molecule has 0 saturated heterocycles. The molecule has 0 unspecified atom stereocenters. The first-order valence-electron chi connectivity index (χ1n) is 8.67. The zero-order chi connectivity index (χ0) is 17.2. The number of aromatic nitrogens is 1. The van der Waals surface area contributed by atoms with Crippen molar-refractivity contribution >= 4 is 21.7 Å². The Kier molecular flexibility index (Phi) is 4.02. The van der Waals surface area contributed by atoms with Crippen LogP contribution in [0.4, 0.5) is 0 Å². The van der Waals surface area contributed by atoms with Gasteiger partial charge in [0.15, 0.2) is 5.43 Å². The van der Waals surface area contributed by atoms with Gasteiger partial charge in [-0.1, -0.05) is 61.9 Å². The summed E-state index contributed by atoms with van der Waals surface area (Å²) in [7, 11) is 0. The van der Waals surface area contributed by atoms with Crippen molar-refractivity contribution in [3.8, 4) is 11.1 Å². The van der Waals surface area contributed by atoms with Gasteiger partial charge in [-0.25, -0.2) is 0 Å². The molecule has 1 heterocycles. The zero-order valence-electron chi connectivity index (χ0n) is 14.2. The number of pyridine rings is 1. The van der Waals surface area contributed by atoms with E-state index in [9.17, 15) is 4.79 Å². The standard InChI is InChI=1S/C23H19NO/c1-2-6-16-9-10-18-11-12-22-21(23(25)20(18)13-16)14-19(15-24-22)17-7-4-3-5-8-17/h3-5,7-15H,2,6H2,1H3. The van der Waals surface area contributed by atoms with Gasteiger partial charge in [-0.3, -0.25) is 9.78 Å². The average molecular weight is 325 g/mol. The molecule has 0 aliphatic heterocycles. The third-order valence-corrected chi connectivity index (χ3v) is 4.59. The van der Waals surface area contributed by atoms with Gasteiger partial charge in [0.2, 0.25) is 0 Å². The minimum Gasteiger partial charge on any atom is -0.289 e. The zero-order valence-corrected chi connectivity index (χ0v) is 14.2. The molecule has 0 atom stereocenters. The van der Waals surface area contributed by atoms with Crippen LogP contribution in [0.15, 0.2) is 77.7 Å². The summed E-state index contributed by atoms with van der Waals surface area (Å²) in [6.45, 7) is 2.15. The third kappa shape index (κ3) is 2.91. The normalized spacial score (nSPS) is 11.1. The molecule has 4 rings (SSSR count). The lowest BCUT2D eigenvalue weighted by molar-refractivity contribution is 0.923. The molecule has 2 heteroatoms. The van der Waals surface area contributed by atoms with E-state index in [1.807, 2.05) is 66.9 Å². The minimum atomic E-state index is 0.0539. The molecule has 0 aliphatic carbocycles. The molecule has 4 aromatic rings. The van der Waals surface area contributed by atoms with Crippen LogP contribution < -0.4 is 5.43 Å². The van der Waals surface area contributed by atoms with E-state index in [4.69, 9.17) is 0 Å². The van der Waals surface area contributed by atoms with Crippen LogP contribution in [0.3, 0.4) is 0 Å². The van der Waals surface area contributed by atoms with Gasteiger partial charge in [-0.2, -0.15) is 0 Å². The van der Waals surface area contributed by atoms with E-state index >= 15 is 0 Å². The molecule has 0 spiro atoms. The second kappa shape index (κ2) is 6.48. The van der Waals surface area contributed by atoms with Gasteiger partial charge in [0.1, 0.15) is 0 Å². The fraction of sp³-hybridized carbons (Fsp3) is 0.130. The van der Waals surface area contributed by atoms with Crippen LogP contribution in [0.5, 0.6) is 0 Å². The van der Waals surface area contributed by atoms with Gasteiger partial charge in [-0.15, -0.1) is 0 Å². The van der Waals surface area contributed by atoms with Crippen LogP contribution in [-0.4, -0.2) is 4.98 Å². The van der Waals surface area contributed by atoms with E-state index in [0.717, 1.165) is 40.3 Å². The van der Waals surface area contributed by atoms with Crippen molar-refractivity contribution in [2.75, 3.05) is 0 Å². The van der Waals surface area contributed by atoms with Gasteiger partial charge in [0.05, 0.1) is 5.52 Å². The number of hydrogen-bond acceptors (Lipinski definition) is 2. The maximum absolute atomic E-state index is 13.2. The molecule has 0 bridgehead atoms. The lowest BCUT2D eigenvalue weighted by Gasteiger charge is -2.02. The van der Waals surface area contributed by atoms with E-state index < -0.39 is 0 Å². The monoisotopic (exact) mass is 325 g/mol. The Bertz CT molecular complexity index is 1120. The highest BCUT2D eigenvalue weighted by Gasteiger charge is 2.07. The smallest absolute Gasteiger partial charge is 0.195 e. The number of fused-ring (bicyclic) bond motifs is 2. The van der Waals surface area contributed by atoms with E-state index in [-0.39, 0.29) is 5.43 Å². The van der Waals surface area contributed by atoms with Gasteiger partial charge in [0, 0.05) is 22.5 Å². The molecule has 122 valence electrons. The molecule has 3 aromatic carbocycles. The second-order valence-corrected chi connectivity index (χ2v) is 6.36. The van der Waals surface area contributed by atoms with E-state index in [2.05, 4.69) is 18.0 Å². The molecule has 1 aromatic heterocycles. The maximum atomic E-state index is 13.2. The number of hydrogen-bond donors (Lipinski definition) is 0. The minimum absolute atomic E-state index is 0.0539. The summed E-state index contributed by atoms with van der Waals surface area (Å²) in [5.74, 6) is 0. The molecular weight excluding hydrogens is 306 g/mol. The Labute approximate surface area is 146 Å². The summed E-state index contributed by atoms with van der Waals surface area (Å²) in [4.78, 5) is 17.7. The van der Waals surface area contributed by atoms with Crippen molar-refractivity contribution in [2.45, 2.75) is 19.8 Å². The predicted molar refractivity (Wildman–Crippen MR) is 105 cm³/mol. The van der Waals surface area contributed by atoms with Crippen LogP contribution in [0, 0.1) is 0 Å². The van der Waals surface area contributed by atoms with Crippen molar-refractivity contribution in [1.82, 2.24) is 4.98 Å². The predicted octanol–water partition coefficient (Wildman–Crippen LogP) is 5.37. The first-order valence-corrected chi connectivity index (χ1v) is 8.67. The number of aryl methyl sites for hydroxylation is 1. The van der Waals surface area contributed by atoms with E-state index in [1.165, 1.54) is 5.56 Å². The molecule has 0 aliphatic rings. The van der Waals surface area contributed by atoms with Crippen molar-refractivity contribution in [3.05, 3.63) is 88.7 Å². The topological polar surface area (TPSA) is 30.0 Å². The van der Waals surface area contributed by atoms with Crippen LogP contribution in [0.25, 0.3) is 32.8 Å². The summed E-state index contributed by atoms with van der Waals surface area (Å²) in [6.07, 6.45) is 3.89. The molecule has 0 amide bonds. The Balaban J connectivity index is 2.02. The second-order valence-electron chi connectivity index (χ2n) is 6.36. The number of benzene rings is 2. The first-order chi connectivity index (χ1) is 12.3. The summed E-state index contributed by atoms with van der Waals surface area (Å²) < 4.78 is 0. The van der Waals surface area contributed by atoms with Gasteiger partial charge >= 0.3 is 0 Å². The fourth-order valence-corrected chi connectivity index (χ4v) is 3.28. The summed E-state index contributed by atoms with van der Waals surface area (Å²) >= 11 is 0. The van der Waals surface area contributed by atoms with Crippen LogP contribution in [-0.2, 0) is 6.42 Å². The Hall–Kier alpha value is -3.00. The number of rotatable bonds is 3. The lowest BCUT2D eigenvalue weighted by atomic mass is 10.0. The van der Waals surface area contributed by atoms with Gasteiger partial charge in [-0.05, 0) is 41.1 Å². The molecular formula is C23H19NO. The quantitative estimate of drug-likeness (QED) is 0.507. The van der Waals surface area contributed by atoms with Crippen LogP contribution in [0.2, 0.25) is 0 Å². The molecule has 0 saturated carbocycles. The van der Waals surface area contributed by atoms with E-state index in [1.54, 1.807) is 0 Å².